The van der Waals surface area contributed by atoms with E-state index in [4.69, 9.17) is 4.74 Å². The highest BCUT2D eigenvalue weighted by molar-refractivity contribution is 7.98. The molecule has 1 aromatic carbocycles. The number of hydrogen-bond acceptors (Lipinski definition) is 4. The smallest absolute Gasteiger partial charge is 0.161 e. The maximum atomic E-state index is 10.8. The third kappa shape index (κ3) is 3.11. The Morgan fingerprint density at radius 1 is 1.29 bits per heavy atom. The van der Waals surface area contributed by atoms with Gasteiger partial charge in [-0.05, 0) is 29.1 Å². The number of thiophene rings is 1. The topological polar surface area (TPSA) is 26.3 Å². The van der Waals surface area contributed by atoms with Crippen LogP contribution in [0.15, 0.2) is 40.6 Å². The largest absolute Gasteiger partial charge is 0.497 e. The lowest BCUT2D eigenvalue weighted by Crippen LogP contribution is -1.84. The maximum Gasteiger partial charge on any atom is 0.161 e. The van der Waals surface area contributed by atoms with Crippen LogP contribution in [0.4, 0.5) is 0 Å². The van der Waals surface area contributed by atoms with E-state index in [2.05, 4.69) is 0 Å². The van der Waals surface area contributed by atoms with Crippen LogP contribution in [0.25, 0.3) is 0 Å². The summed E-state index contributed by atoms with van der Waals surface area (Å²) in [6.07, 6.45) is 0.918. The summed E-state index contributed by atoms with van der Waals surface area (Å²) in [5.74, 6) is 1.73. The van der Waals surface area contributed by atoms with Gasteiger partial charge in [-0.15, -0.1) is 23.1 Å². The minimum absolute atomic E-state index is 0.809. The van der Waals surface area contributed by atoms with Crippen molar-refractivity contribution in [2.45, 2.75) is 10.6 Å². The predicted molar refractivity (Wildman–Crippen MR) is 72.3 cm³/mol. The molecule has 0 N–H and O–H groups in total. The summed E-state index contributed by atoms with van der Waals surface area (Å²) in [6, 6.07) is 9.97. The molecule has 88 valence electrons. The van der Waals surface area contributed by atoms with Crippen molar-refractivity contribution in [1.29, 1.82) is 0 Å². The first-order valence-corrected chi connectivity index (χ1v) is 6.98. The Morgan fingerprint density at radius 2 is 2.06 bits per heavy atom. The Morgan fingerprint density at radius 3 is 2.71 bits per heavy atom. The lowest BCUT2D eigenvalue weighted by atomic mass is 10.2. The van der Waals surface area contributed by atoms with E-state index >= 15 is 0 Å². The highest BCUT2D eigenvalue weighted by Gasteiger charge is 2.04. The van der Waals surface area contributed by atoms with Crippen LogP contribution >= 0.6 is 23.1 Å². The first-order chi connectivity index (χ1) is 8.33. The van der Waals surface area contributed by atoms with Gasteiger partial charge in [-0.3, -0.25) is 4.79 Å². The number of carbonyl (C=O) groups is 1. The van der Waals surface area contributed by atoms with Crippen molar-refractivity contribution in [2.75, 3.05) is 7.11 Å². The molecule has 0 unspecified atom stereocenters. The van der Waals surface area contributed by atoms with E-state index in [1.807, 2.05) is 35.7 Å². The minimum atomic E-state index is 0.809. The van der Waals surface area contributed by atoms with Crippen LogP contribution in [0.3, 0.4) is 0 Å². The molecule has 0 spiro atoms. The van der Waals surface area contributed by atoms with Crippen LogP contribution in [0.1, 0.15) is 15.2 Å². The molecule has 1 heterocycles. The molecular formula is C13H12O2S2. The fraction of sp³-hybridized carbons (Fsp3) is 0.154. The van der Waals surface area contributed by atoms with E-state index in [0.29, 0.717) is 0 Å². The van der Waals surface area contributed by atoms with E-state index in [1.165, 1.54) is 16.9 Å². The average Bonchev–Trinajstić information content (AvgIpc) is 2.84. The number of hydrogen-bond donors (Lipinski definition) is 0. The summed E-state index contributed by atoms with van der Waals surface area (Å²) in [5, 5.41) is 1.94. The van der Waals surface area contributed by atoms with Gasteiger partial charge in [0.05, 0.1) is 12.0 Å². The summed E-state index contributed by atoms with van der Waals surface area (Å²) < 4.78 is 5.10. The molecule has 1 aromatic heterocycles. The van der Waals surface area contributed by atoms with Gasteiger partial charge in [0.2, 0.25) is 0 Å². The first-order valence-electron chi connectivity index (χ1n) is 5.12. The minimum Gasteiger partial charge on any atom is -0.497 e. The van der Waals surface area contributed by atoms with Crippen molar-refractivity contribution in [3.63, 3.8) is 0 Å². The third-order valence-electron chi connectivity index (χ3n) is 2.32. The zero-order valence-electron chi connectivity index (χ0n) is 9.38. The van der Waals surface area contributed by atoms with Crippen LogP contribution in [0, 0.1) is 0 Å². The number of aldehydes is 1. The van der Waals surface area contributed by atoms with Gasteiger partial charge in [0.25, 0.3) is 0 Å². The number of carbonyl (C=O) groups excluding carboxylic acids is 1. The molecule has 0 aliphatic rings. The van der Waals surface area contributed by atoms with E-state index in [0.717, 1.165) is 27.6 Å². The fourth-order valence-corrected chi connectivity index (χ4v) is 3.26. The number of rotatable bonds is 5. The van der Waals surface area contributed by atoms with Gasteiger partial charge < -0.3 is 4.74 Å². The number of thioether (sulfide) groups is 1. The second-order valence-corrected chi connectivity index (χ2v) is 5.37. The Balaban J connectivity index is 1.99. The van der Waals surface area contributed by atoms with E-state index in [-0.39, 0.29) is 0 Å². The molecule has 0 amide bonds. The molecule has 0 atom stereocenters. The van der Waals surface area contributed by atoms with Crippen molar-refractivity contribution in [1.82, 2.24) is 0 Å². The van der Waals surface area contributed by atoms with Gasteiger partial charge in [0.1, 0.15) is 5.75 Å². The predicted octanol–water partition coefficient (Wildman–Crippen LogP) is 3.86. The van der Waals surface area contributed by atoms with Gasteiger partial charge in [-0.2, -0.15) is 0 Å². The summed E-state index contributed by atoms with van der Waals surface area (Å²) in [7, 11) is 1.66. The Labute approximate surface area is 109 Å². The molecule has 0 fully saturated rings. The molecule has 0 radical (unpaired) electrons. The molecule has 0 aliphatic carbocycles. The summed E-state index contributed by atoms with van der Waals surface area (Å²) in [6.45, 7) is 0. The van der Waals surface area contributed by atoms with Crippen LogP contribution in [0.5, 0.6) is 5.75 Å². The van der Waals surface area contributed by atoms with Crippen LogP contribution in [-0.2, 0) is 5.75 Å². The number of methoxy groups -OCH3 is 1. The van der Waals surface area contributed by atoms with Gasteiger partial charge in [-0.1, -0.05) is 12.1 Å². The van der Waals surface area contributed by atoms with E-state index in [1.54, 1.807) is 18.9 Å². The highest BCUT2D eigenvalue weighted by Crippen LogP contribution is 2.29. The summed E-state index contributed by atoms with van der Waals surface area (Å²) >= 11 is 3.17. The fourth-order valence-electron chi connectivity index (χ4n) is 1.40. The molecule has 0 aliphatic heterocycles. The molecule has 2 rings (SSSR count). The molecular weight excluding hydrogens is 252 g/mol. The second kappa shape index (κ2) is 5.89. The zero-order valence-corrected chi connectivity index (χ0v) is 11.0. The number of benzene rings is 1. The standard InChI is InChI=1S/C13H12O2S2/c1-15-11-4-2-10(3-5-11)9-17-12-6-7-16-13(12)8-14/h2-8H,9H2,1H3. The average molecular weight is 264 g/mol. The van der Waals surface area contributed by atoms with Crippen LogP contribution < -0.4 is 4.74 Å². The number of ether oxygens (including phenoxy) is 1. The van der Waals surface area contributed by atoms with Crippen molar-refractivity contribution in [2.24, 2.45) is 0 Å². The lowest BCUT2D eigenvalue weighted by molar-refractivity contribution is 0.112. The first kappa shape index (κ1) is 12.2. The maximum absolute atomic E-state index is 10.8. The van der Waals surface area contributed by atoms with E-state index < -0.39 is 0 Å². The quantitative estimate of drug-likeness (QED) is 0.606. The molecule has 0 saturated heterocycles. The highest BCUT2D eigenvalue weighted by atomic mass is 32.2. The van der Waals surface area contributed by atoms with Gasteiger partial charge in [0, 0.05) is 10.6 Å². The normalized spacial score (nSPS) is 10.2. The second-order valence-electron chi connectivity index (χ2n) is 3.40. The summed E-state index contributed by atoms with van der Waals surface area (Å²) in [4.78, 5) is 12.6. The Kier molecular flexibility index (Phi) is 4.23. The summed E-state index contributed by atoms with van der Waals surface area (Å²) in [5.41, 5.74) is 1.22. The molecule has 2 aromatic rings. The molecule has 0 bridgehead atoms. The molecule has 2 nitrogen and oxygen atoms in total. The van der Waals surface area contributed by atoms with Crippen LogP contribution in [-0.4, -0.2) is 13.4 Å². The molecule has 0 saturated carbocycles. The molecule has 4 heteroatoms. The van der Waals surface area contributed by atoms with Crippen molar-refractivity contribution in [3.8, 4) is 5.75 Å². The van der Waals surface area contributed by atoms with Crippen molar-refractivity contribution >= 4 is 29.4 Å². The van der Waals surface area contributed by atoms with Crippen molar-refractivity contribution in [3.05, 3.63) is 46.2 Å². The van der Waals surface area contributed by atoms with Crippen LogP contribution in [0.2, 0.25) is 0 Å². The van der Waals surface area contributed by atoms with Gasteiger partial charge in [0.15, 0.2) is 6.29 Å². The van der Waals surface area contributed by atoms with Gasteiger partial charge >= 0.3 is 0 Å². The van der Waals surface area contributed by atoms with Gasteiger partial charge in [-0.25, -0.2) is 0 Å². The SMILES string of the molecule is COc1ccc(CSc2ccsc2C=O)cc1. The Bertz CT molecular complexity index is 488. The zero-order chi connectivity index (χ0) is 12.1. The lowest BCUT2D eigenvalue weighted by Gasteiger charge is -2.03. The monoisotopic (exact) mass is 264 g/mol. The van der Waals surface area contributed by atoms with E-state index in [9.17, 15) is 4.79 Å². The third-order valence-corrected chi connectivity index (χ3v) is 4.43. The Hall–Kier alpha value is -1.26. The van der Waals surface area contributed by atoms with Crippen molar-refractivity contribution < 1.29 is 9.53 Å². The molecule has 17 heavy (non-hydrogen) atoms.